The quantitative estimate of drug-likeness (QED) is 0.567. The second-order valence-electron chi connectivity index (χ2n) is 4.61. The van der Waals surface area contributed by atoms with Crippen LogP contribution in [0.2, 0.25) is 0 Å². The van der Waals surface area contributed by atoms with Crippen molar-refractivity contribution >= 4 is 37.5 Å². The summed E-state index contributed by atoms with van der Waals surface area (Å²) >= 11 is 7.02. The number of nitrogens with one attached hydrogen (secondary N) is 1. The van der Waals surface area contributed by atoms with Gasteiger partial charge in [0, 0.05) is 20.2 Å². The molecule has 21 heavy (non-hydrogen) atoms. The fourth-order valence-electron chi connectivity index (χ4n) is 2.05. The second-order valence-corrected chi connectivity index (χ2v) is 6.38. The first-order valence-electron chi connectivity index (χ1n) is 6.55. The summed E-state index contributed by atoms with van der Waals surface area (Å²) in [4.78, 5) is 0. The van der Waals surface area contributed by atoms with Gasteiger partial charge in [0.05, 0.1) is 6.54 Å². The van der Waals surface area contributed by atoms with Crippen LogP contribution in [0.1, 0.15) is 5.76 Å². The predicted octanol–water partition coefficient (Wildman–Crippen LogP) is 6.08. The Balaban J connectivity index is 1.74. The molecule has 0 radical (unpaired) electrons. The summed E-state index contributed by atoms with van der Waals surface area (Å²) in [7, 11) is 0. The zero-order valence-corrected chi connectivity index (χ0v) is 14.3. The van der Waals surface area contributed by atoms with Gasteiger partial charge in [-0.3, -0.25) is 0 Å². The molecular formula is C17H13Br2NO. The van der Waals surface area contributed by atoms with Crippen LogP contribution in [0.25, 0.3) is 11.3 Å². The van der Waals surface area contributed by atoms with Crippen molar-refractivity contribution in [3.8, 4) is 11.3 Å². The van der Waals surface area contributed by atoms with Gasteiger partial charge in [-0.1, -0.05) is 34.1 Å². The SMILES string of the molecule is Brc1ccc(-c2ccc(CNc3ccccc3)o2)c(Br)c1. The van der Waals surface area contributed by atoms with Gasteiger partial charge in [0.1, 0.15) is 11.5 Å². The van der Waals surface area contributed by atoms with Gasteiger partial charge < -0.3 is 9.73 Å². The van der Waals surface area contributed by atoms with E-state index in [1.165, 1.54) is 0 Å². The van der Waals surface area contributed by atoms with Gasteiger partial charge in [-0.15, -0.1) is 0 Å². The Labute approximate surface area is 140 Å². The van der Waals surface area contributed by atoms with E-state index in [-0.39, 0.29) is 0 Å². The van der Waals surface area contributed by atoms with Crippen molar-refractivity contribution in [2.75, 3.05) is 5.32 Å². The minimum absolute atomic E-state index is 0.665. The Kier molecular flexibility index (Phi) is 4.46. The van der Waals surface area contributed by atoms with E-state index in [9.17, 15) is 0 Å². The topological polar surface area (TPSA) is 25.2 Å². The van der Waals surface area contributed by atoms with Gasteiger partial charge in [0.25, 0.3) is 0 Å². The van der Waals surface area contributed by atoms with Crippen molar-refractivity contribution < 1.29 is 4.42 Å². The van der Waals surface area contributed by atoms with Crippen LogP contribution in [0.15, 0.2) is 74.0 Å². The van der Waals surface area contributed by atoms with Crippen LogP contribution >= 0.6 is 31.9 Å². The van der Waals surface area contributed by atoms with Crippen molar-refractivity contribution in [3.05, 3.63) is 75.4 Å². The Morgan fingerprint density at radius 2 is 1.71 bits per heavy atom. The first-order chi connectivity index (χ1) is 10.2. The number of furan rings is 1. The van der Waals surface area contributed by atoms with E-state index >= 15 is 0 Å². The molecule has 1 N–H and O–H groups in total. The average Bonchev–Trinajstić information content (AvgIpc) is 2.95. The summed E-state index contributed by atoms with van der Waals surface area (Å²) in [6.45, 7) is 0.665. The van der Waals surface area contributed by atoms with Crippen LogP contribution < -0.4 is 5.32 Å². The summed E-state index contributed by atoms with van der Waals surface area (Å²) in [5.74, 6) is 1.77. The molecule has 106 valence electrons. The lowest BCUT2D eigenvalue weighted by atomic mass is 10.2. The normalized spacial score (nSPS) is 10.6. The largest absolute Gasteiger partial charge is 0.459 e. The van der Waals surface area contributed by atoms with Crippen LogP contribution in [-0.4, -0.2) is 0 Å². The Hall–Kier alpha value is -1.52. The van der Waals surface area contributed by atoms with Crippen LogP contribution in [0, 0.1) is 0 Å². The Bertz CT molecular complexity index is 738. The number of anilines is 1. The summed E-state index contributed by atoms with van der Waals surface area (Å²) < 4.78 is 7.95. The standard InChI is InChI=1S/C17H13Br2NO/c18-12-6-8-15(16(19)10-12)17-9-7-14(21-17)11-20-13-4-2-1-3-5-13/h1-10,20H,11H2. The van der Waals surface area contributed by atoms with Gasteiger partial charge in [-0.2, -0.15) is 0 Å². The maximum atomic E-state index is 5.90. The summed E-state index contributed by atoms with van der Waals surface area (Å²) in [5, 5.41) is 3.34. The zero-order valence-electron chi connectivity index (χ0n) is 11.1. The van der Waals surface area contributed by atoms with E-state index < -0.39 is 0 Å². The number of hydrogen-bond donors (Lipinski definition) is 1. The lowest BCUT2D eigenvalue weighted by Gasteiger charge is -2.04. The molecule has 0 saturated heterocycles. The maximum absolute atomic E-state index is 5.90. The number of halogens is 2. The molecule has 1 heterocycles. The van der Waals surface area contributed by atoms with Gasteiger partial charge in [-0.05, 0) is 58.4 Å². The van der Waals surface area contributed by atoms with Crippen LogP contribution in [0.3, 0.4) is 0 Å². The van der Waals surface area contributed by atoms with Crippen LogP contribution in [-0.2, 0) is 6.54 Å². The second kappa shape index (κ2) is 6.50. The molecule has 0 fully saturated rings. The van der Waals surface area contributed by atoms with E-state index in [0.717, 1.165) is 31.7 Å². The van der Waals surface area contributed by atoms with E-state index in [4.69, 9.17) is 4.42 Å². The first kappa shape index (κ1) is 14.4. The van der Waals surface area contributed by atoms with Crippen molar-refractivity contribution in [1.82, 2.24) is 0 Å². The molecule has 1 aromatic heterocycles. The van der Waals surface area contributed by atoms with E-state index in [0.29, 0.717) is 6.54 Å². The summed E-state index contributed by atoms with van der Waals surface area (Å²) in [5.41, 5.74) is 2.13. The summed E-state index contributed by atoms with van der Waals surface area (Å²) in [6, 6.07) is 20.1. The monoisotopic (exact) mass is 405 g/mol. The fraction of sp³-hybridized carbons (Fsp3) is 0.0588. The third kappa shape index (κ3) is 3.57. The van der Waals surface area contributed by atoms with Crippen molar-refractivity contribution in [2.24, 2.45) is 0 Å². The van der Waals surface area contributed by atoms with E-state index in [1.807, 2.05) is 60.7 Å². The van der Waals surface area contributed by atoms with Gasteiger partial charge in [0.15, 0.2) is 0 Å². The van der Waals surface area contributed by atoms with Crippen molar-refractivity contribution in [2.45, 2.75) is 6.54 Å². The maximum Gasteiger partial charge on any atom is 0.135 e. The molecule has 0 aliphatic rings. The highest BCUT2D eigenvalue weighted by Gasteiger charge is 2.08. The van der Waals surface area contributed by atoms with E-state index in [2.05, 4.69) is 37.2 Å². The number of rotatable bonds is 4. The molecule has 3 aromatic rings. The lowest BCUT2D eigenvalue weighted by Crippen LogP contribution is -1.97. The number of benzene rings is 2. The smallest absolute Gasteiger partial charge is 0.135 e. The van der Waals surface area contributed by atoms with Crippen molar-refractivity contribution in [1.29, 1.82) is 0 Å². The molecule has 0 aliphatic carbocycles. The minimum atomic E-state index is 0.665. The van der Waals surface area contributed by atoms with E-state index in [1.54, 1.807) is 0 Å². The molecule has 0 saturated carbocycles. The molecule has 0 spiro atoms. The highest BCUT2D eigenvalue weighted by Crippen LogP contribution is 2.32. The van der Waals surface area contributed by atoms with Crippen molar-refractivity contribution in [3.63, 3.8) is 0 Å². The highest BCUT2D eigenvalue weighted by molar-refractivity contribution is 9.11. The molecule has 0 amide bonds. The number of hydrogen-bond acceptors (Lipinski definition) is 2. The average molecular weight is 407 g/mol. The molecule has 0 aliphatic heterocycles. The molecule has 0 unspecified atom stereocenters. The molecule has 4 heteroatoms. The summed E-state index contributed by atoms with van der Waals surface area (Å²) in [6.07, 6.45) is 0. The molecular weight excluding hydrogens is 394 g/mol. The zero-order chi connectivity index (χ0) is 14.7. The molecule has 2 nitrogen and oxygen atoms in total. The lowest BCUT2D eigenvalue weighted by molar-refractivity contribution is 0.531. The third-order valence-corrected chi connectivity index (χ3v) is 4.25. The van der Waals surface area contributed by atoms with Gasteiger partial charge in [-0.25, -0.2) is 0 Å². The molecule has 0 atom stereocenters. The van der Waals surface area contributed by atoms with Gasteiger partial charge in [0.2, 0.25) is 0 Å². The van der Waals surface area contributed by atoms with Crippen LogP contribution in [0.4, 0.5) is 5.69 Å². The minimum Gasteiger partial charge on any atom is -0.459 e. The number of para-hydroxylation sites is 1. The third-order valence-electron chi connectivity index (χ3n) is 3.10. The highest BCUT2D eigenvalue weighted by atomic mass is 79.9. The first-order valence-corrected chi connectivity index (χ1v) is 8.14. The van der Waals surface area contributed by atoms with Gasteiger partial charge >= 0.3 is 0 Å². The molecule has 0 bridgehead atoms. The Morgan fingerprint density at radius 1 is 0.905 bits per heavy atom. The van der Waals surface area contributed by atoms with Crippen LogP contribution in [0.5, 0.6) is 0 Å². The predicted molar refractivity (Wildman–Crippen MR) is 93.3 cm³/mol. The fourth-order valence-corrected chi connectivity index (χ4v) is 3.29. The molecule has 2 aromatic carbocycles. The Morgan fingerprint density at radius 3 is 2.48 bits per heavy atom. The molecule has 3 rings (SSSR count).